The predicted octanol–water partition coefficient (Wildman–Crippen LogP) is 0.570. The highest BCUT2D eigenvalue weighted by Gasteiger charge is 2.23. The molecule has 0 radical (unpaired) electrons. The number of carbonyl (C=O) groups is 2. The molecule has 0 saturated carbocycles. The number of methoxy groups -OCH3 is 2. The second-order valence-electron chi connectivity index (χ2n) is 4.02. The van der Waals surface area contributed by atoms with Crippen molar-refractivity contribution >= 4 is 11.9 Å². The fourth-order valence-corrected chi connectivity index (χ4v) is 1.58. The van der Waals surface area contributed by atoms with Gasteiger partial charge < -0.3 is 19.7 Å². The van der Waals surface area contributed by atoms with Crippen LogP contribution in [0.1, 0.15) is 28.4 Å². The van der Waals surface area contributed by atoms with E-state index in [0.29, 0.717) is 0 Å². The first-order chi connectivity index (χ1) is 9.40. The van der Waals surface area contributed by atoms with Crippen LogP contribution in [0.3, 0.4) is 0 Å². The average molecular weight is 286 g/mol. The zero-order valence-electron chi connectivity index (χ0n) is 11.0. The smallest absolute Gasteiger partial charge is 0.340 e. The molecule has 0 bridgehead atoms. The van der Waals surface area contributed by atoms with Crippen LogP contribution < -0.4 is 0 Å². The Balaban J connectivity index is 2.89. The van der Waals surface area contributed by atoms with E-state index in [1.807, 2.05) is 0 Å². The Labute approximate surface area is 114 Å². The van der Waals surface area contributed by atoms with Gasteiger partial charge in [-0.1, -0.05) is 6.07 Å². The summed E-state index contributed by atoms with van der Waals surface area (Å²) >= 11 is 0. The van der Waals surface area contributed by atoms with Crippen molar-refractivity contribution in [2.45, 2.75) is 18.6 Å². The molecular weight excluding hydrogens is 271 g/mol. The second kappa shape index (κ2) is 6.97. The number of esters is 2. The summed E-state index contributed by atoms with van der Waals surface area (Å²) in [6, 6.07) is 3.29. The number of carbonyl (C=O) groups excluding carboxylic acids is 2. The van der Waals surface area contributed by atoms with Crippen molar-refractivity contribution in [3.05, 3.63) is 35.1 Å². The molecule has 0 aliphatic carbocycles. The molecule has 0 amide bonds. The van der Waals surface area contributed by atoms with Crippen LogP contribution in [-0.2, 0) is 14.3 Å². The van der Waals surface area contributed by atoms with Crippen LogP contribution in [0.15, 0.2) is 18.2 Å². The molecule has 0 aliphatic heterocycles. The number of halogens is 1. The molecular formula is C13H15FO6. The lowest BCUT2D eigenvalue weighted by molar-refractivity contribution is -0.144. The molecule has 0 heterocycles. The second-order valence-corrected chi connectivity index (χ2v) is 4.02. The molecule has 2 unspecified atom stereocenters. The molecule has 1 aromatic carbocycles. The fourth-order valence-electron chi connectivity index (χ4n) is 1.58. The summed E-state index contributed by atoms with van der Waals surface area (Å²) in [5.74, 6) is -2.44. The van der Waals surface area contributed by atoms with E-state index in [1.54, 1.807) is 0 Å². The first-order valence-corrected chi connectivity index (χ1v) is 5.71. The Hall–Kier alpha value is -1.99. The fraction of sp³-hybridized carbons (Fsp3) is 0.385. The van der Waals surface area contributed by atoms with E-state index >= 15 is 0 Å². The maximum Gasteiger partial charge on any atom is 0.340 e. The van der Waals surface area contributed by atoms with E-state index in [1.165, 1.54) is 6.07 Å². The van der Waals surface area contributed by atoms with Gasteiger partial charge in [0.2, 0.25) is 0 Å². The van der Waals surface area contributed by atoms with Crippen LogP contribution >= 0.6 is 0 Å². The lowest BCUT2D eigenvalue weighted by Gasteiger charge is -2.17. The van der Waals surface area contributed by atoms with Gasteiger partial charge in [-0.05, 0) is 17.7 Å². The number of ether oxygens (including phenoxy) is 2. The minimum atomic E-state index is -1.48. The zero-order valence-corrected chi connectivity index (χ0v) is 11.0. The van der Waals surface area contributed by atoms with Crippen molar-refractivity contribution in [1.29, 1.82) is 0 Å². The normalized spacial score (nSPS) is 13.4. The molecule has 1 aromatic rings. The van der Waals surface area contributed by atoms with Crippen LogP contribution in [0.4, 0.5) is 4.39 Å². The van der Waals surface area contributed by atoms with E-state index in [2.05, 4.69) is 9.47 Å². The van der Waals surface area contributed by atoms with Crippen LogP contribution in [0, 0.1) is 5.82 Å². The summed E-state index contributed by atoms with van der Waals surface area (Å²) in [6.45, 7) is 0. The molecule has 2 atom stereocenters. The van der Waals surface area contributed by atoms with E-state index in [-0.39, 0.29) is 11.1 Å². The van der Waals surface area contributed by atoms with E-state index in [0.717, 1.165) is 26.4 Å². The van der Waals surface area contributed by atoms with Gasteiger partial charge in [0.25, 0.3) is 0 Å². The van der Waals surface area contributed by atoms with Crippen LogP contribution in [0.5, 0.6) is 0 Å². The zero-order chi connectivity index (χ0) is 15.3. The van der Waals surface area contributed by atoms with E-state index in [9.17, 15) is 24.2 Å². The molecule has 0 saturated heterocycles. The Bertz CT molecular complexity index is 502. The lowest BCUT2D eigenvalue weighted by atomic mass is 10.0. The van der Waals surface area contributed by atoms with Crippen molar-refractivity contribution in [2.75, 3.05) is 14.2 Å². The molecule has 0 aliphatic rings. The number of aliphatic hydroxyl groups excluding tert-OH is 2. The Morgan fingerprint density at radius 1 is 1.25 bits per heavy atom. The van der Waals surface area contributed by atoms with E-state index < -0.39 is 36.4 Å². The summed E-state index contributed by atoms with van der Waals surface area (Å²) in [6.07, 6.45) is -3.35. The van der Waals surface area contributed by atoms with Crippen molar-refractivity contribution < 1.29 is 33.7 Å². The molecule has 0 aromatic heterocycles. The maximum absolute atomic E-state index is 13.7. The first kappa shape index (κ1) is 16.1. The third-order valence-electron chi connectivity index (χ3n) is 2.71. The monoisotopic (exact) mass is 286 g/mol. The van der Waals surface area contributed by atoms with Crippen LogP contribution in [0.25, 0.3) is 0 Å². The average Bonchev–Trinajstić information content (AvgIpc) is 2.45. The highest BCUT2D eigenvalue weighted by atomic mass is 19.1. The summed E-state index contributed by atoms with van der Waals surface area (Å²) in [4.78, 5) is 22.2. The number of rotatable bonds is 5. The van der Waals surface area contributed by atoms with Gasteiger partial charge >= 0.3 is 11.9 Å². The minimum absolute atomic E-state index is 0.0338. The Kier molecular flexibility index (Phi) is 5.60. The molecule has 7 heteroatoms. The Morgan fingerprint density at radius 3 is 2.40 bits per heavy atom. The van der Waals surface area contributed by atoms with Gasteiger partial charge in [-0.3, -0.25) is 4.79 Å². The number of hydrogen-bond acceptors (Lipinski definition) is 6. The molecule has 6 nitrogen and oxygen atoms in total. The first-order valence-electron chi connectivity index (χ1n) is 5.71. The van der Waals surface area contributed by atoms with Crippen molar-refractivity contribution in [1.82, 2.24) is 0 Å². The quantitative estimate of drug-likeness (QED) is 0.769. The molecule has 0 fully saturated rings. The van der Waals surface area contributed by atoms with Crippen molar-refractivity contribution in [3.8, 4) is 0 Å². The van der Waals surface area contributed by atoms with Gasteiger partial charge in [0.15, 0.2) is 0 Å². The van der Waals surface area contributed by atoms with Crippen LogP contribution in [0.2, 0.25) is 0 Å². The third-order valence-corrected chi connectivity index (χ3v) is 2.71. The van der Waals surface area contributed by atoms with Gasteiger partial charge in [-0.15, -0.1) is 0 Å². The Morgan fingerprint density at radius 2 is 1.90 bits per heavy atom. The maximum atomic E-state index is 13.7. The topological polar surface area (TPSA) is 93.1 Å². The van der Waals surface area contributed by atoms with Crippen LogP contribution in [-0.4, -0.2) is 42.5 Å². The van der Waals surface area contributed by atoms with Crippen molar-refractivity contribution in [2.24, 2.45) is 0 Å². The highest BCUT2D eigenvalue weighted by molar-refractivity contribution is 5.89. The lowest BCUT2D eigenvalue weighted by Crippen LogP contribution is -2.23. The predicted molar refractivity (Wildman–Crippen MR) is 65.3 cm³/mol. The molecule has 20 heavy (non-hydrogen) atoms. The summed E-state index contributed by atoms with van der Waals surface area (Å²) in [5, 5.41) is 19.4. The van der Waals surface area contributed by atoms with Gasteiger partial charge in [0.1, 0.15) is 11.9 Å². The van der Waals surface area contributed by atoms with Gasteiger partial charge in [0, 0.05) is 0 Å². The largest absolute Gasteiger partial charge is 0.469 e. The molecule has 0 spiro atoms. The highest BCUT2D eigenvalue weighted by Crippen LogP contribution is 2.22. The summed E-state index contributed by atoms with van der Waals surface area (Å²) in [5.41, 5.74) is -0.252. The SMILES string of the molecule is COC(=O)CC(O)C(O)c1ccc(C(=O)OC)c(F)c1. The number of aliphatic hydroxyl groups is 2. The third kappa shape index (κ3) is 3.75. The number of benzene rings is 1. The molecule has 1 rings (SSSR count). The minimum Gasteiger partial charge on any atom is -0.469 e. The van der Waals surface area contributed by atoms with E-state index in [4.69, 9.17) is 0 Å². The molecule has 2 N–H and O–H groups in total. The number of hydrogen-bond donors (Lipinski definition) is 2. The summed E-state index contributed by atoms with van der Waals surface area (Å²) < 4.78 is 22.4. The summed E-state index contributed by atoms with van der Waals surface area (Å²) in [7, 11) is 2.26. The van der Waals surface area contributed by atoms with Gasteiger partial charge in [-0.25, -0.2) is 9.18 Å². The standard InChI is InChI=1S/C13H15FO6/c1-19-11(16)6-10(15)12(17)7-3-4-8(9(14)5-7)13(18)20-2/h3-5,10,12,15,17H,6H2,1-2H3. The van der Waals surface area contributed by atoms with Gasteiger partial charge in [0.05, 0.1) is 32.3 Å². The molecule has 110 valence electrons. The van der Waals surface area contributed by atoms with Gasteiger partial charge in [-0.2, -0.15) is 0 Å². The van der Waals surface area contributed by atoms with Crippen molar-refractivity contribution in [3.63, 3.8) is 0 Å².